The Morgan fingerprint density at radius 3 is 2.83 bits per heavy atom. The number of pyridine rings is 1. The number of hydrogen-bond acceptors (Lipinski definition) is 3. The predicted octanol–water partition coefficient (Wildman–Crippen LogP) is 1.57. The van der Waals surface area contributed by atoms with Crippen molar-refractivity contribution in [2.75, 3.05) is 13.1 Å². The van der Waals surface area contributed by atoms with Gasteiger partial charge in [-0.25, -0.2) is 0 Å². The van der Waals surface area contributed by atoms with Crippen molar-refractivity contribution in [2.24, 2.45) is 0 Å². The van der Waals surface area contributed by atoms with Gasteiger partial charge in [0, 0.05) is 25.8 Å². The highest BCUT2D eigenvalue weighted by Crippen LogP contribution is 2.10. The number of amides is 1. The van der Waals surface area contributed by atoms with Gasteiger partial charge < -0.3 is 10.2 Å². The van der Waals surface area contributed by atoms with Gasteiger partial charge in [-0.3, -0.25) is 9.78 Å². The highest BCUT2D eigenvalue weighted by Gasteiger charge is 2.21. The van der Waals surface area contributed by atoms with Crippen molar-refractivity contribution >= 4 is 5.91 Å². The van der Waals surface area contributed by atoms with Crippen molar-refractivity contribution in [3.05, 3.63) is 30.1 Å². The third-order valence-electron chi connectivity index (χ3n) is 3.35. The van der Waals surface area contributed by atoms with Gasteiger partial charge in [0.05, 0.1) is 11.7 Å². The maximum Gasteiger partial charge on any atom is 0.239 e. The summed E-state index contributed by atoms with van der Waals surface area (Å²) >= 11 is 0. The molecule has 1 fully saturated rings. The molecular weight excluding hydrogens is 226 g/mol. The third-order valence-corrected chi connectivity index (χ3v) is 3.35. The van der Waals surface area contributed by atoms with Crippen molar-refractivity contribution in [3.63, 3.8) is 0 Å². The summed E-state index contributed by atoms with van der Waals surface area (Å²) in [5, 5.41) is 3.24. The van der Waals surface area contributed by atoms with Gasteiger partial charge in [0.25, 0.3) is 0 Å². The lowest BCUT2D eigenvalue weighted by Crippen LogP contribution is -2.46. The van der Waals surface area contributed by atoms with Crippen LogP contribution >= 0.6 is 0 Å². The lowest BCUT2D eigenvalue weighted by molar-refractivity contribution is -0.133. The molecule has 2 heterocycles. The van der Waals surface area contributed by atoms with Gasteiger partial charge in [0.1, 0.15) is 0 Å². The van der Waals surface area contributed by atoms with Crippen LogP contribution in [0.25, 0.3) is 0 Å². The molecule has 1 saturated heterocycles. The third kappa shape index (κ3) is 3.53. The molecule has 1 unspecified atom stereocenters. The van der Waals surface area contributed by atoms with Crippen LogP contribution in [0.4, 0.5) is 0 Å². The molecular formula is C14H21N3O. The van der Waals surface area contributed by atoms with Crippen LogP contribution in [0.2, 0.25) is 0 Å². The van der Waals surface area contributed by atoms with Crippen molar-refractivity contribution in [1.82, 2.24) is 15.2 Å². The summed E-state index contributed by atoms with van der Waals surface area (Å²) < 4.78 is 0. The standard InChI is InChI=1S/C14H21N3O/c1-12(14(18)17-9-5-2-6-10-17)16-11-13-7-3-4-8-15-13/h3-4,7-8,12,16H,2,5-6,9-11H2,1H3. The van der Waals surface area contributed by atoms with Gasteiger partial charge in [-0.15, -0.1) is 0 Å². The van der Waals surface area contributed by atoms with Crippen molar-refractivity contribution in [2.45, 2.75) is 38.8 Å². The molecule has 0 aliphatic carbocycles. The molecule has 1 aromatic rings. The van der Waals surface area contributed by atoms with Crippen LogP contribution < -0.4 is 5.32 Å². The van der Waals surface area contributed by atoms with Crippen LogP contribution in [0.15, 0.2) is 24.4 Å². The van der Waals surface area contributed by atoms with Gasteiger partial charge in [-0.05, 0) is 38.3 Å². The largest absolute Gasteiger partial charge is 0.341 e. The maximum absolute atomic E-state index is 12.2. The van der Waals surface area contributed by atoms with Gasteiger partial charge in [-0.1, -0.05) is 6.07 Å². The van der Waals surface area contributed by atoms with Crippen LogP contribution in [0.3, 0.4) is 0 Å². The summed E-state index contributed by atoms with van der Waals surface area (Å²) in [5.41, 5.74) is 0.968. The lowest BCUT2D eigenvalue weighted by atomic mass is 10.1. The SMILES string of the molecule is CC(NCc1ccccn1)C(=O)N1CCCCC1. The van der Waals surface area contributed by atoms with E-state index < -0.39 is 0 Å². The molecule has 1 atom stereocenters. The van der Waals surface area contributed by atoms with Crippen LogP contribution in [0.5, 0.6) is 0 Å². The molecule has 2 rings (SSSR count). The monoisotopic (exact) mass is 247 g/mol. The first-order valence-corrected chi connectivity index (χ1v) is 6.69. The Morgan fingerprint density at radius 2 is 2.17 bits per heavy atom. The molecule has 1 amide bonds. The zero-order valence-corrected chi connectivity index (χ0v) is 10.9. The van der Waals surface area contributed by atoms with Gasteiger partial charge in [0.2, 0.25) is 5.91 Å². The Bertz CT molecular complexity index is 374. The normalized spacial score (nSPS) is 17.5. The number of carbonyl (C=O) groups is 1. The lowest BCUT2D eigenvalue weighted by Gasteiger charge is -2.29. The summed E-state index contributed by atoms with van der Waals surface area (Å²) in [4.78, 5) is 18.4. The van der Waals surface area contributed by atoms with E-state index in [0.29, 0.717) is 6.54 Å². The second-order valence-electron chi connectivity index (χ2n) is 4.81. The van der Waals surface area contributed by atoms with Crippen molar-refractivity contribution in [3.8, 4) is 0 Å². The smallest absolute Gasteiger partial charge is 0.239 e. The van der Waals surface area contributed by atoms with Gasteiger partial charge >= 0.3 is 0 Å². The number of rotatable bonds is 4. The summed E-state index contributed by atoms with van der Waals surface area (Å²) in [6.07, 6.45) is 5.30. The van der Waals surface area contributed by atoms with Gasteiger partial charge in [0.15, 0.2) is 0 Å². The topological polar surface area (TPSA) is 45.2 Å². The molecule has 1 aliphatic rings. The average molecular weight is 247 g/mol. The first-order chi connectivity index (χ1) is 8.77. The number of carbonyl (C=O) groups excluding carboxylic acids is 1. The Kier molecular flexibility index (Phi) is 4.70. The quantitative estimate of drug-likeness (QED) is 0.878. The molecule has 1 aliphatic heterocycles. The fraction of sp³-hybridized carbons (Fsp3) is 0.571. The number of nitrogens with zero attached hydrogens (tertiary/aromatic N) is 2. The second kappa shape index (κ2) is 6.50. The molecule has 0 bridgehead atoms. The van der Waals surface area contributed by atoms with Gasteiger partial charge in [-0.2, -0.15) is 0 Å². The Balaban J connectivity index is 1.80. The highest BCUT2D eigenvalue weighted by atomic mass is 16.2. The molecule has 0 spiro atoms. The minimum atomic E-state index is -0.134. The van der Waals surface area contributed by atoms with E-state index in [4.69, 9.17) is 0 Å². The van der Waals surface area contributed by atoms with Crippen LogP contribution in [-0.2, 0) is 11.3 Å². The van der Waals surface area contributed by atoms with Crippen molar-refractivity contribution in [1.29, 1.82) is 0 Å². The molecule has 1 N–H and O–H groups in total. The molecule has 98 valence electrons. The molecule has 18 heavy (non-hydrogen) atoms. The van der Waals surface area contributed by atoms with Crippen molar-refractivity contribution < 1.29 is 4.79 Å². The molecule has 0 saturated carbocycles. The number of piperidine rings is 1. The minimum Gasteiger partial charge on any atom is -0.341 e. The fourth-order valence-electron chi connectivity index (χ4n) is 2.24. The van der Waals surface area contributed by atoms with E-state index in [9.17, 15) is 4.79 Å². The summed E-state index contributed by atoms with van der Waals surface area (Å²) in [6.45, 7) is 4.39. The average Bonchev–Trinajstić information content (AvgIpc) is 2.46. The van der Waals surface area contributed by atoms with Crippen LogP contribution in [-0.4, -0.2) is 34.9 Å². The Labute approximate surface area is 108 Å². The summed E-state index contributed by atoms with van der Waals surface area (Å²) in [6, 6.07) is 5.68. The minimum absolute atomic E-state index is 0.134. The maximum atomic E-state index is 12.2. The van der Waals surface area contributed by atoms with E-state index in [1.54, 1.807) is 6.20 Å². The highest BCUT2D eigenvalue weighted by molar-refractivity contribution is 5.81. The van der Waals surface area contributed by atoms with E-state index in [0.717, 1.165) is 31.6 Å². The number of nitrogens with one attached hydrogen (secondary N) is 1. The zero-order chi connectivity index (χ0) is 12.8. The van der Waals surface area contributed by atoms with Crippen LogP contribution in [0, 0.1) is 0 Å². The molecule has 4 heteroatoms. The summed E-state index contributed by atoms with van der Waals surface area (Å²) in [7, 11) is 0. The second-order valence-corrected chi connectivity index (χ2v) is 4.81. The van der Waals surface area contributed by atoms with E-state index in [1.165, 1.54) is 6.42 Å². The van der Waals surface area contributed by atoms with E-state index >= 15 is 0 Å². The Hall–Kier alpha value is -1.42. The fourth-order valence-corrected chi connectivity index (χ4v) is 2.24. The summed E-state index contributed by atoms with van der Waals surface area (Å²) in [5.74, 6) is 0.214. The Morgan fingerprint density at radius 1 is 1.39 bits per heavy atom. The number of aromatic nitrogens is 1. The molecule has 0 radical (unpaired) electrons. The zero-order valence-electron chi connectivity index (χ0n) is 10.9. The number of hydrogen-bond donors (Lipinski definition) is 1. The molecule has 0 aromatic carbocycles. The van der Waals surface area contributed by atoms with E-state index in [1.807, 2.05) is 30.0 Å². The first kappa shape index (κ1) is 13.0. The van der Waals surface area contributed by atoms with E-state index in [-0.39, 0.29) is 11.9 Å². The van der Waals surface area contributed by atoms with E-state index in [2.05, 4.69) is 10.3 Å². The van der Waals surface area contributed by atoms with Crippen LogP contribution in [0.1, 0.15) is 31.9 Å². The predicted molar refractivity (Wildman–Crippen MR) is 71.0 cm³/mol. The number of likely N-dealkylation sites (tertiary alicyclic amines) is 1. The molecule has 1 aromatic heterocycles. The first-order valence-electron chi connectivity index (χ1n) is 6.69. The molecule has 4 nitrogen and oxygen atoms in total.